The Kier molecular flexibility index (Phi) is 8.56. The summed E-state index contributed by atoms with van der Waals surface area (Å²) in [5.41, 5.74) is 0.543. The van der Waals surface area contributed by atoms with Gasteiger partial charge in [-0.15, -0.1) is 0 Å². The van der Waals surface area contributed by atoms with E-state index < -0.39 is 11.6 Å². The number of hydrogen-bond acceptors (Lipinski definition) is 1. The SMILES string of the molecule is CCC/C=C/CCC1CCC(C2CCC(c3ccc(OC)c(F)c3F)CC2)CC1. The maximum absolute atomic E-state index is 14.4. The Morgan fingerprint density at radius 1 is 0.862 bits per heavy atom. The second kappa shape index (κ2) is 11.1. The van der Waals surface area contributed by atoms with E-state index in [2.05, 4.69) is 19.1 Å². The van der Waals surface area contributed by atoms with Crippen molar-refractivity contribution in [2.75, 3.05) is 7.11 Å². The van der Waals surface area contributed by atoms with Gasteiger partial charge in [0.15, 0.2) is 11.6 Å². The van der Waals surface area contributed by atoms with Crippen LogP contribution < -0.4 is 4.74 Å². The van der Waals surface area contributed by atoms with Crippen molar-refractivity contribution in [2.24, 2.45) is 17.8 Å². The summed E-state index contributed by atoms with van der Waals surface area (Å²) >= 11 is 0. The second-order valence-corrected chi connectivity index (χ2v) is 9.21. The average molecular weight is 405 g/mol. The standard InChI is InChI=1S/C26H38F2O/c1-3-4-5-6-7-8-19-9-11-20(12-10-19)21-13-15-22(16-14-21)23-17-18-24(29-2)26(28)25(23)27/h5-6,17-22H,3-4,7-16H2,1-2H3/b6-5+. The topological polar surface area (TPSA) is 9.23 Å². The molecule has 0 aliphatic heterocycles. The largest absolute Gasteiger partial charge is 0.494 e. The Balaban J connectivity index is 1.43. The molecule has 0 bridgehead atoms. The molecule has 0 amide bonds. The summed E-state index contributed by atoms with van der Waals surface area (Å²) in [7, 11) is 1.38. The highest BCUT2D eigenvalue weighted by Crippen LogP contribution is 2.45. The molecule has 162 valence electrons. The minimum Gasteiger partial charge on any atom is -0.494 e. The summed E-state index contributed by atoms with van der Waals surface area (Å²) in [5.74, 6) is 1.14. The number of ether oxygens (including phenoxy) is 1. The summed E-state index contributed by atoms with van der Waals surface area (Å²) in [5, 5.41) is 0. The van der Waals surface area contributed by atoms with Crippen LogP contribution >= 0.6 is 0 Å². The Bertz CT molecular complexity index is 653. The lowest BCUT2D eigenvalue weighted by Gasteiger charge is -2.38. The predicted octanol–water partition coefficient (Wildman–Crippen LogP) is 8.19. The van der Waals surface area contributed by atoms with Crippen LogP contribution in [-0.4, -0.2) is 7.11 Å². The molecule has 2 aliphatic rings. The van der Waals surface area contributed by atoms with Crippen LogP contribution in [0.2, 0.25) is 0 Å². The minimum absolute atomic E-state index is 0.00227. The van der Waals surface area contributed by atoms with Crippen molar-refractivity contribution < 1.29 is 13.5 Å². The van der Waals surface area contributed by atoms with Crippen LogP contribution in [0.15, 0.2) is 24.3 Å². The molecule has 2 aliphatic carbocycles. The van der Waals surface area contributed by atoms with Crippen LogP contribution in [0.25, 0.3) is 0 Å². The highest BCUT2D eigenvalue weighted by molar-refractivity contribution is 5.33. The van der Waals surface area contributed by atoms with E-state index >= 15 is 0 Å². The third-order valence-electron chi connectivity index (χ3n) is 7.43. The molecule has 0 aromatic heterocycles. The van der Waals surface area contributed by atoms with E-state index in [0.29, 0.717) is 5.56 Å². The van der Waals surface area contributed by atoms with Gasteiger partial charge in [-0.05, 0) is 93.1 Å². The molecular formula is C26H38F2O. The number of halogens is 2. The molecule has 0 heterocycles. The smallest absolute Gasteiger partial charge is 0.200 e. The number of methoxy groups -OCH3 is 1. The number of rotatable bonds is 8. The molecule has 0 saturated heterocycles. The van der Waals surface area contributed by atoms with E-state index in [1.807, 2.05) is 0 Å². The summed E-state index contributed by atoms with van der Waals surface area (Å²) in [4.78, 5) is 0. The molecule has 1 nitrogen and oxygen atoms in total. The average Bonchev–Trinajstić information content (AvgIpc) is 2.76. The first kappa shape index (κ1) is 22.3. The van der Waals surface area contributed by atoms with Crippen LogP contribution in [0.5, 0.6) is 5.75 Å². The molecule has 3 rings (SSSR count). The molecule has 0 unspecified atom stereocenters. The number of allylic oxidation sites excluding steroid dienone is 2. The van der Waals surface area contributed by atoms with E-state index in [0.717, 1.165) is 43.4 Å². The first-order valence-electron chi connectivity index (χ1n) is 11.8. The molecule has 29 heavy (non-hydrogen) atoms. The lowest BCUT2D eigenvalue weighted by atomic mass is 9.68. The highest BCUT2D eigenvalue weighted by atomic mass is 19.2. The lowest BCUT2D eigenvalue weighted by molar-refractivity contribution is 0.156. The van der Waals surface area contributed by atoms with E-state index in [-0.39, 0.29) is 11.7 Å². The fourth-order valence-electron chi connectivity index (χ4n) is 5.60. The van der Waals surface area contributed by atoms with Gasteiger partial charge in [-0.25, -0.2) is 4.39 Å². The summed E-state index contributed by atoms with van der Waals surface area (Å²) in [6.45, 7) is 2.23. The third kappa shape index (κ3) is 5.83. The van der Waals surface area contributed by atoms with Crippen LogP contribution in [0.4, 0.5) is 8.78 Å². The molecule has 0 radical (unpaired) electrons. The van der Waals surface area contributed by atoms with Crippen LogP contribution in [0.1, 0.15) is 95.5 Å². The van der Waals surface area contributed by atoms with Crippen molar-refractivity contribution in [3.05, 3.63) is 41.5 Å². The summed E-state index contributed by atoms with van der Waals surface area (Å²) in [6.07, 6.45) is 19.5. The van der Waals surface area contributed by atoms with Gasteiger partial charge < -0.3 is 4.74 Å². The fraction of sp³-hybridized carbons (Fsp3) is 0.692. The van der Waals surface area contributed by atoms with Gasteiger partial charge in [0.05, 0.1) is 7.11 Å². The summed E-state index contributed by atoms with van der Waals surface area (Å²) in [6, 6.07) is 3.29. The third-order valence-corrected chi connectivity index (χ3v) is 7.43. The second-order valence-electron chi connectivity index (χ2n) is 9.21. The normalized spacial score (nSPS) is 28.0. The first-order chi connectivity index (χ1) is 14.1. The Morgan fingerprint density at radius 3 is 2.10 bits per heavy atom. The number of hydrogen-bond donors (Lipinski definition) is 0. The zero-order valence-corrected chi connectivity index (χ0v) is 18.3. The van der Waals surface area contributed by atoms with Gasteiger partial charge in [0, 0.05) is 0 Å². The van der Waals surface area contributed by atoms with Gasteiger partial charge in [-0.2, -0.15) is 4.39 Å². The maximum Gasteiger partial charge on any atom is 0.200 e. The van der Waals surface area contributed by atoms with Crippen molar-refractivity contribution >= 4 is 0 Å². The minimum atomic E-state index is -0.838. The molecule has 3 heteroatoms. The molecule has 2 saturated carbocycles. The Morgan fingerprint density at radius 2 is 1.48 bits per heavy atom. The zero-order valence-electron chi connectivity index (χ0n) is 18.3. The molecule has 0 spiro atoms. The van der Waals surface area contributed by atoms with E-state index in [1.54, 1.807) is 12.1 Å². The molecule has 1 aromatic rings. The fourth-order valence-corrected chi connectivity index (χ4v) is 5.60. The van der Waals surface area contributed by atoms with Crippen molar-refractivity contribution in [3.63, 3.8) is 0 Å². The van der Waals surface area contributed by atoms with Crippen LogP contribution in [-0.2, 0) is 0 Å². The van der Waals surface area contributed by atoms with Gasteiger partial charge in [-0.3, -0.25) is 0 Å². The van der Waals surface area contributed by atoms with E-state index in [4.69, 9.17) is 4.74 Å². The molecule has 2 fully saturated rings. The van der Waals surface area contributed by atoms with Crippen molar-refractivity contribution in [1.29, 1.82) is 0 Å². The van der Waals surface area contributed by atoms with Crippen molar-refractivity contribution in [2.45, 2.75) is 89.9 Å². The Labute approximate surface area is 175 Å². The molecule has 1 aromatic carbocycles. The van der Waals surface area contributed by atoms with Crippen molar-refractivity contribution in [3.8, 4) is 5.75 Å². The molecule has 0 N–H and O–H groups in total. The monoisotopic (exact) mass is 404 g/mol. The van der Waals surface area contributed by atoms with Gasteiger partial charge >= 0.3 is 0 Å². The number of benzene rings is 1. The summed E-state index contributed by atoms with van der Waals surface area (Å²) < 4.78 is 33.4. The number of unbranched alkanes of at least 4 members (excludes halogenated alkanes) is 1. The van der Waals surface area contributed by atoms with Crippen molar-refractivity contribution in [1.82, 2.24) is 0 Å². The van der Waals surface area contributed by atoms with Gasteiger partial charge in [0.25, 0.3) is 0 Å². The quantitative estimate of drug-likeness (QED) is 0.397. The van der Waals surface area contributed by atoms with E-state index in [9.17, 15) is 8.78 Å². The zero-order chi connectivity index (χ0) is 20.6. The van der Waals surface area contributed by atoms with Crippen LogP contribution in [0, 0.1) is 29.4 Å². The predicted molar refractivity (Wildman–Crippen MR) is 116 cm³/mol. The van der Waals surface area contributed by atoms with Gasteiger partial charge in [0.2, 0.25) is 5.82 Å². The van der Waals surface area contributed by atoms with Crippen LogP contribution in [0.3, 0.4) is 0 Å². The Hall–Kier alpha value is -1.38. The first-order valence-corrected chi connectivity index (χ1v) is 11.8. The van der Waals surface area contributed by atoms with Gasteiger partial charge in [0.1, 0.15) is 0 Å². The molecular weight excluding hydrogens is 366 g/mol. The van der Waals surface area contributed by atoms with Gasteiger partial charge in [-0.1, -0.05) is 44.4 Å². The highest BCUT2D eigenvalue weighted by Gasteiger charge is 2.32. The lowest BCUT2D eigenvalue weighted by Crippen LogP contribution is -2.25. The molecule has 0 atom stereocenters. The maximum atomic E-state index is 14.4. The van der Waals surface area contributed by atoms with E-state index in [1.165, 1.54) is 58.5 Å².